The van der Waals surface area contributed by atoms with Crippen molar-refractivity contribution in [3.63, 3.8) is 0 Å². The lowest BCUT2D eigenvalue weighted by atomic mass is 9.93. The number of esters is 1. The highest BCUT2D eigenvalue weighted by atomic mass is 16.7. The molecular formula is C16H19NO4. The fraction of sp³-hybridized carbons (Fsp3) is 0.562. The average Bonchev–Trinajstić information content (AvgIpc) is 3.20. The molecule has 0 bridgehead atoms. The number of hydrogen-bond acceptors (Lipinski definition) is 5. The number of cyclic esters (lactones) is 1. The van der Waals surface area contributed by atoms with Crippen LogP contribution in [0, 0.1) is 5.92 Å². The fourth-order valence-electron chi connectivity index (χ4n) is 3.54. The highest BCUT2D eigenvalue weighted by Crippen LogP contribution is 2.38. The number of hydroxylamine groups is 2. The summed E-state index contributed by atoms with van der Waals surface area (Å²) >= 11 is 0. The first-order valence-corrected chi connectivity index (χ1v) is 7.58. The molecule has 1 aromatic rings. The maximum Gasteiger partial charge on any atom is 0.326 e. The van der Waals surface area contributed by atoms with Gasteiger partial charge in [-0.1, -0.05) is 30.3 Å². The Hall–Kier alpha value is -1.43. The van der Waals surface area contributed by atoms with Crippen LogP contribution in [0.2, 0.25) is 0 Å². The lowest BCUT2D eigenvalue weighted by molar-refractivity contribution is -0.204. The molecule has 3 fully saturated rings. The van der Waals surface area contributed by atoms with Crippen LogP contribution in [0.3, 0.4) is 0 Å². The van der Waals surface area contributed by atoms with Gasteiger partial charge in [-0.3, -0.25) is 9.63 Å². The Labute approximate surface area is 123 Å². The van der Waals surface area contributed by atoms with Crippen molar-refractivity contribution >= 4 is 5.97 Å². The van der Waals surface area contributed by atoms with Crippen molar-refractivity contribution in [1.82, 2.24) is 5.06 Å². The van der Waals surface area contributed by atoms with Crippen LogP contribution in [0.4, 0.5) is 0 Å². The van der Waals surface area contributed by atoms with Crippen LogP contribution < -0.4 is 0 Å². The van der Waals surface area contributed by atoms with Crippen molar-refractivity contribution in [2.24, 2.45) is 5.92 Å². The SMILES string of the molecule is O=C1OC[C@@H]2[C@@H]([C@H]3CCCO3)ON(Cc3ccccc3)[C@H]12. The molecule has 3 heterocycles. The van der Waals surface area contributed by atoms with E-state index in [9.17, 15) is 4.79 Å². The second kappa shape index (κ2) is 5.40. The van der Waals surface area contributed by atoms with E-state index < -0.39 is 0 Å². The molecule has 5 nitrogen and oxygen atoms in total. The molecule has 3 aliphatic heterocycles. The molecule has 0 unspecified atom stereocenters. The molecule has 0 radical (unpaired) electrons. The van der Waals surface area contributed by atoms with Gasteiger partial charge in [0.05, 0.1) is 25.2 Å². The maximum absolute atomic E-state index is 12.0. The quantitative estimate of drug-likeness (QED) is 0.790. The van der Waals surface area contributed by atoms with E-state index >= 15 is 0 Å². The molecule has 1 aromatic carbocycles. The van der Waals surface area contributed by atoms with E-state index in [2.05, 4.69) is 0 Å². The van der Waals surface area contributed by atoms with E-state index in [-0.39, 0.29) is 30.1 Å². The van der Waals surface area contributed by atoms with E-state index in [4.69, 9.17) is 14.3 Å². The van der Waals surface area contributed by atoms with Crippen LogP contribution in [0.5, 0.6) is 0 Å². The van der Waals surface area contributed by atoms with Gasteiger partial charge in [-0.05, 0) is 18.4 Å². The van der Waals surface area contributed by atoms with Crippen molar-refractivity contribution in [3.8, 4) is 0 Å². The molecular weight excluding hydrogens is 270 g/mol. The Morgan fingerprint density at radius 1 is 1.24 bits per heavy atom. The lowest BCUT2D eigenvalue weighted by Gasteiger charge is -2.22. The van der Waals surface area contributed by atoms with Gasteiger partial charge in [0.25, 0.3) is 0 Å². The number of fused-ring (bicyclic) bond motifs is 1. The molecule has 0 N–H and O–H groups in total. The number of nitrogens with zero attached hydrogens (tertiary/aromatic N) is 1. The zero-order valence-electron chi connectivity index (χ0n) is 11.8. The van der Waals surface area contributed by atoms with Crippen molar-refractivity contribution in [3.05, 3.63) is 35.9 Å². The summed E-state index contributed by atoms with van der Waals surface area (Å²) in [4.78, 5) is 18.1. The standard InChI is InChI=1S/C16H19NO4/c18-16-14-12(10-20-16)15(13-7-4-8-19-13)21-17(14)9-11-5-2-1-3-6-11/h1-3,5-6,12-15H,4,7-10H2/t12-,13+,14-,15-/m0/s1. The first-order chi connectivity index (χ1) is 10.3. The van der Waals surface area contributed by atoms with Crippen LogP contribution in [0.15, 0.2) is 30.3 Å². The largest absolute Gasteiger partial charge is 0.464 e. The van der Waals surface area contributed by atoms with Crippen LogP contribution in [0.25, 0.3) is 0 Å². The van der Waals surface area contributed by atoms with Gasteiger partial charge in [0.15, 0.2) is 0 Å². The van der Waals surface area contributed by atoms with Gasteiger partial charge >= 0.3 is 5.97 Å². The Morgan fingerprint density at radius 3 is 2.86 bits per heavy atom. The molecule has 0 saturated carbocycles. The Balaban J connectivity index is 1.54. The predicted octanol–water partition coefficient (Wildman–Crippen LogP) is 1.52. The molecule has 21 heavy (non-hydrogen) atoms. The number of ether oxygens (including phenoxy) is 2. The van der Waals surface area contributed by atoms with E-state index in [0.29, 0.717) is 13.2 Å². The minimum Gasteiger partial charge on any atom is -0.464 e. The Bertz CT molecular complexity index is 514. The smallest absolute Gasteiger partial charge is 0.326 e. The normalized spacial score (nSPS) is 35.9. The first-order valence-electron chi connectivity index (χ1n) is 7.58. The van der Waals surface area contributed by atoms with Crippen molar-refractivity contribution in [2.45, 2.75) is 37.6 Å². The van der Waals surface area contributed by atoms with E-state index in [1.165, 1.54) is 0 Å². The van der Waals surface area contributed by atoms with Crippen molar-refractivity contribution in [2.75, 3.05) is 13.2 Å². The Kier molecular flexibility index (Phi) is 3.41. The molecule has 5 heteroatoms. The van der Waals surface area contributed by atoms with E-state index in [1.54, 1.807) is 5.06 Å². The summed E-state index contributed by atoms with van der Waals surface area (Å²) in [6, 6.07) is 9.76. The fourth-order valence-corrected chi connectivity index (χ4v) is 3.54. The minimum atomic E-state index is -0.292. The molecule has 0 amide bonds. The first kappa shape index (κ1) is 13.2. The van der Waals surface area contributed by atoms with Gasteiger partial charge in [0.1, 0.15) is 12.1 Å². The van der Waals surface area contributed by atoms with E-state index in [1.807, 2.05) is 30.3 Å². The minimum absolute atomic E-state index is 0.0623. The number of benzene rings is 1. The van der Waals surface area contributed by atoms with Crippen molar-refractivity contribution in [1.29, 1.82) is 0 Å². The topological polar surface area (TPSA) is 48.0 Å². The molecule has 3 aliphatic rings. The summed E-state index contributed by atoms with van der Waals surface area (Å²) in [5.41, 5.74) is 1.13. The maximum atomic E-state index is 12.0. The van der Waals surface area contributed by atoms with Gasteiger partial charge in [0, 0.05) is 6.61 Å². The molecule has 4 atom stereocenters. The highest BCUT2D eigenvalue weighted by molar-refractivity contribution is 5.78. The summed E-state index contributed by atoms with van der Waals surface area (Å²) in [7, 11) is 0. The van der Waals surface area contributed by atoms with Gasteiger partial charge in [0.2, 0.25) is 0 Å². The monoisotopic (exact) mass is 289 g/mol. The summed E-state index contributed by atoms with van der Waals surface area (Å²) in [6.45, 7) is 1.83. The molecule has 4 rings (SSSR count). The molecule has 0 spiro atoms. The molecule has 112 valence electrons. The lowest BCUT2D eigenvalue weighted by Crippen LogP contribution is -2.35. The van der Waals surface area contributed by atoms with Gasteiger partial charge in [-0.15, -0.1) is 0 Å². The van der Waals surface area contributed by atoms with Gasteiger partial charge in [-0.25, -0.2) is 0 Å². The highest BCUT2D eigenvalue weighted by Gasteiger charge is 2.55. The average molecular weight is 289 g/mol. The Morgan fingerprint density at radius 2 is 2.10 bits per heavy atom. The number of hydrogen-bond donors (Lipinski definition) is 0. The van der Waals surface area contributed by atoms with Gasteiger partial charge in [-0.2, -0.15) is 5.06 Å². The third-order valence-electron chi connectivity index (χ3n) is 4.57. The van der Waals surface area contributed by atoms with Gasteiger partial charge < -0.3 is 9.47 Å². The molecule has 3 saturated heterocycles. The molecule has 0 aromatic heterocycles. The second-order valence-electron chi connectivity index (χ2n) is 5.92. The summed E-state index contributed by atoms with van der Waals surface area (Å²) in [6.07, 6.45) is 2.09. The number of carbonyl (C=O) groups is 1. The summed E-state index contributed by atoms with van der Waals surface area (Å²) < 4.78 is 11.0. The summed E-state index contributed by atoms with van der Waals surface area (Å²) in [5.74, 6) is -0.0826. The zero-order valence-corrected chi connectivity index (χ0v) is 11.8. The second-order valence-corrected chi connectivity index (χ2v) is 5.92. The van der Waals surface area contributed by atoms with Crippen LogP contribution in [0.1, 0.15) is 18.4 Å². The zero-order chi connectivity index (χ0) is 14.2. The third-order valence-corrected chi connectivity index (χ3v) is 4.57. The van der Waals surface area contributed by atoms with Crippen LogP contribution in [-0.2, 0) is 25.7 Å². The third kappa shape index (κ3) is 2.35. The van der Waals surface area contributed by atoms with E-state index in [0.717, 1.165) is 25.0 Å². The molecule has 0 aliphatic carbocycles. The summed E-state index contributed by atoms with van der Waals surface area (Å²) in [5, 5.41) is 1.79. The number of rotatable bonds is 3. The van der Waals surface area contributed by atoms with Crippen molar-refractivity contribution < 1.29 is 19.1 Å². The van der Waals surface area contributed by atoms with Crippen LogP contribution in [-0.4, -0.2) is 42.5 Å². The number of carbonyl (C=O) groups excluding carboxylic acids is 1. The predicted molar refractivity (Wildman–Crippen MR) is 74.1 cm³/mol. The van der Waals surface area contributed by atoms with Crippen LogP contribution >= 0.6 is 0 Å².